The topological polar surface area (TPSA) is 32.8 Å². The fourth-order valence-electron chi connectivity index (χ4n) is 2.16. The van der Waals surface area contributed by atoms with Crippen molar-refractivity contribution in [1.29, 1.82) is 0 Å². The fraction of sp³-hybridized carbons (Fsp3) is 0.700. The van der Waals surface area contributed by atoms with Crippen molar-refractivity contribution in [3.8, 4) is 0 Å². The van der Waals surface area contributed by atoms with Gasteiger partial charge < -0.3 is 14.5 Å². The lowest BCUT2D eigenvalue weighted by Gasteiger charge is -2.53. The quantitative estimate of drug-likeness (QED) is 0.541. The number of ether oxygens (including phenoxy) is 1. The monoisotopic (exact) mass is 196 g/mol. The van der Waals surface area contributed by atoms with Crippen LogP contribution >= 0.6 is 0 Å². The van der Waals surface area contributed by atoms with E-state index in [1.807, 2.05) is 0 Å². The number of hydrogen-bond donors (Lipinski definition) is 0. The van der Waals surface area contributed by atoms with Crippen molar-refractivity contribution in [2.75, 3.05) is 39.8 Å². The van der Waals surface area contributed by atoms with Gasteiger partial charge in [-0.15, -0.1) is 0 Å². The van der Waals surface area contributed by atoms with Crippen LogP contribution in [0.15, 0.2) is 12.7 Å². The first-order valence-electron chi connectivity index (χ1n) is 4.89. The number of nitrogens with zero attached hydrogens (tertiary/aromatic N) is 2. The number of carbonyl (C=O) groups excluding carboxylic acids is 1. The van der Waals surface area contributed by atoms with Crippen molar-refractivity contribution in [2.45, 2.75) is 5.60 Å². The summed E-state index contributed by atoms with van der Waals surface area (Å²) in [6.45, 7) is 7.57. The minimum absolute atomic E-state index is 0.00690. The Hall–Kier alpha value is -0.870. The molecule has 0 saturated carbocycles. The van der Waals surface area contributed by atoms with Gasteiger partial charge in [0.1, 0.15) is 5.60 Å². The van der Waals surface area contributed by atoms with Crippen LogP contribution < -0.4 is 0 Å². The second kappa shape index (κ2) is 3.37. The summed E-state index contributed by atoms with van der Waals surface area (Å²) in [5.41, 5.74) is -0.0916. The first kappa shape index (κ1) is 9.68. The van der Waals surface area contributed by atoms with E-state index >= 15 is 0 Å². The maximum Gasteiger partial charge on any atom is 0.246 e. The molecule has 0 atom stereocenters. The predicted octanol–water partition coefficient (Wildman–Crippen LogP) is -0.285. The van der Waals surface area contributed by atoms with Crippen LogP contribution in [0.4, 0.5) is 0 Å². The highest BCUT2D eigenvalue weighted by Crippen LogP contribution is 2.28. The van der Waals surface area contributed by atoms with E-state index in [-0.39, 0.29) is 11.5 Å². The summed E-state index contributed by atoms with van der Waals surface area (Å²) in [6, 6.07) is 0. The number of amides is 1. The maximum atomic E-state index is 11.2. The number of rotatable bonds is 1. The molecule has 78 valence electrons. The lowest BCUT2D eigenvalue weighted by molar-refractivity contribution is -0.186. The molecule has 1 spiro atoms. The molecule has 0 aliphatic carbocycles. The van der Waals surface area contributed by atoms with Gasteiger partial charge in [0, 0.05) is 13.1 Å². The number of likely N-dealkylation sites (N-methyl/N-ethyl adjacent to an activating group) is 1. The zero-order chi connectivity index (χ0) is 10.2. The van der Waals surface area contributed by atoms with Crippen LogP contribution in [0.1, 0.15) is 0 Å². The molecule has 0 radical (unpaired) electrons. The van der Waals surface area contributed by atoms with Crippen LogP contribution in [-0.2, 0) is 9.53 Å². The summed E-state index contributed by atoms with van der Waals surface area (Å²) in [4.78, 5) is 15.3. The summed E-state index contributed by atoms with van der Waals surface area (Å²) in [6.07, 6.45) is 1.36. The molecule has 0 aromatic carbocycles. The Bertz CT molecular complexity index is 259. The summed E-state index contributed by atoms with van der Waals surface area (Å²) in [5.74, 6) is 0.00690. The van der Waals surface area contributed by atoms with Gasteiger partial charge in [-0.3, -0.25) is 4.79 Å². The predicted molar refractivity (Wildman–Crippen MR) is 53.0 cm³/mol. The van der Waals surface area contributed by atoms with Gasteiger partial charge in [-0.05, 0) is 13.1 Å². The average molecular weight is 196 g/mol. The Morgan fingerprint density at radius 3 is 2.79 bits per heavy atom. The third-order valence-electron chi connectivity index (χ3n) is 2.88. The summed E-state index contributed by atoms with van der Waals surface area (Å²) >= 11 is 0. The Labute approximate surface area is 84.1 Å². The van der Waals surface area contributed by atoms with E-state index in [0.717, 1.165) is 19.7 Å². The number of carbonyl (C=O) groups is 1. The van der Waals surface area contributed by atoms with E-state index in [9.17, 15) is 4.79 Å². The molecule has 0 unspecified atom stereocenters. The second-order valence-electron chi connectivity index (χ2n) is 4.17. The van der Waals surface area contributed by atoms with Crippen molar-refractivity contribution in [2.24, 2.45) is 0 Å². The largest absolute Gasteiger partial charge is 0.369 e. The molecule has 2 aliphatic rings. The van der Waals surface area contributed by atoms with Crippen LogP contribution in [0.3, 0.4) is 0 Å². The van der Waals surface area contributed by atoms with Gasteiger partial charge in [0.05, 0.1) is 19.7 Å². The molecule has 0 aromatic heterocycles. The molecule has 2 aliphatic heterocycles. The Morgan fingerprint density at radius 2 is 2.21 bits per heavy atom. The molecule has 0 N–H and O–H groups in total. The standard InChI is InChI=1S/C10H16N2O2/c1-3-9(13)12-7-10(8-12)6-11(2)4-5-14-10/h3H,1,4-8H2,2H3. The van der Waals surface area contributed by atoms with Crippen molar-refractivity contribution in [3.63, 3.8) is 0 Å². The highest BCUT2D eigenvalue weighted by molar-refractivity contribution is 5.87. The normalized spacial score (nSPS) is 25.9. The summed E-state index contributed by atoms with van der Waals surface area (Å²) < 4.78 is 5.73. The van der Waals surface area contributed by atoms with E-state index in [2.05, 4.69) is 18.5 Å². The molecule has 4 heteroatoms. The second-order valence-corrected chi connectivity index (χ2v) is 4.17. The molecule has 0 bridgehead atoms. The molecule has 0 aromatic rings. The van der Waals surface area contributed by atoms with Crippen LogP contribution in [0, 0.1) is 0 Å². The molecular formula is C10H16N2O2. The van der Waals surface area contributed by atoms with Crippen LogP contribution in [-0.4, -0.2) is 61.1 Å². The number of hydrogen-bond acceptors (Lipinski definition) is 3. The van der Waals surface area contributed by atoms with Crippen molar-refractivity contribution in [3.05, 3.63) is 12.7 Å². The molecule has 2 fully saturated rings. The highest BCUT2D eigenvalue weighted by atomic mass is 16.5. The van der Waals surface area contributed by atoms with E-state index in [1.54, 1.807) is 4.90 Å². The third-order valence-corrected chi connectivity index (χ3v) is 2.88. The van der Waals surface area contributed by atoms with E-state index < -0.39 is 0 Å². The van der Waals surface area contributed by atoms with Crippen LogP contribution in [0.5, 0.6) is 0 Å². The molecule has 2 saturated heterocycles. The zero-order valence-corrected chi connectivity index (χ0v) is 8.53. The summed E-state index contributed by atoms with van der Waals surface area (Å²) in [7, 11) is 2.09. The van der Waals surface area contributed by atoms with Gasteiger partial charge in [0.2, 0.25) is 5.91 Å². The molecule has 4 nitrogen and oxygen atoms in total. The van der Waals surface area contributed by atoms with Gasteiger partial charge >= 0.3 is 0 Å². The maximum absolute atomic E-state index is 11.2. The Kier molecular flexibility index (Phi) is 2.33. The first-order valence-corrected chi connectivity index (χ1v) is 4.89. The fourth-order valence-corrected chi connectivity index (χ4v) is 2.16. The molecule has 2 heterocycles. The van der Waals surface area contributed by atoms with E-state index in [0.29, 0.717) is 13.1 Å². The molecule has 2 rings (SSSR count). The van der Waals surface area contributed by atoms with Crippen LogP contribution in [0.2, 0.25) is 0 Å². The molecular weight excluding hydrogens is 180 g/mol. The van der Waals surface area contributed by atoms with Crippen molar-refractivity contribution < 1.29 is 9.53 Å². The molecule has 14 heavy (non-hydrogen) atoms. The van der Waals surface area contributed by atoms with Crippen LogP contribution in [0.25, 0.3) is 0 Å². The number of morpholine rings is 1. The van der Waals surface area contributed by atoms with E-state index in [4.69, 9.17) is 4.74 Å². The lowest BCUT2D eigenvalue weighted by atomic mass is 9.92. The minimum Gasteiger partial charge on any atom is -0.369 e. The average Bonchev–Trinajstić information content (AvgIpc) is 2.13. The Balaban J connectivity index is 1.90. The van der Waals surface area contributed by atoms with Gasteiger partial charge in [-0.1, -0.05) is 6.58 Å². The van der Waals surface area contributed by atoms with Crippen molar-refractivity contribution in [1.82, 2.24) is 9.80 Å². The van der Waals surface area contributed by atoms with Gasteiger partial charge in [-0.25, -0.2) is 0 Å². The third kappa shape index (κ3) is 1.55. The Morgan fingerprint density at radius 1 is 1.50 bits per heavy atom. The molecule has 1 amide bonds. The van der Waals surface area contributed by atoms with Crippen molar-refractivity contribution >= 4 is 5.91 Å². The lowest BCUT2D eigenvalue weighted by Crippen LogP contribution is -2.70. The first-order chi connectivity index (χ1) is 6.65. The minimum atomic E-state index is -0.0916. The zero-order valence-electron chi connectivity index (χ0n) is 8.53. The highest BCUT2D eigenvalue weighted by Gasteiger charge is 2.47. The SMILES string of the molecule is C=CC(=O)N1CC2(CN(C)CCO2)C1. The van der Waals surface area contributed by atoms with Gasteiger partial charge in [0.25, 0.3) is 0 Å². The smallest absolute Gasteiger partial charge is 0.246 e. The summed E-state index contributed by atoms with van der Waals surface area (Å²) in [5, 5.41) is 0. The van der Waals surface area contributed by atoms with E-state index in [1.165, 1.54) is 6.08 Å². The van der Waals surface area contributed by atoms with Gasteiger partial charge in [0.15, 0.2) is 0 Å². The number of likely N-dealkylation sites (tertiary alicyclic amines) is 1. The van der Waals surface area contributed by atoms with Gasteiger partial charge in [-0.2, -0.15) is 0 Å².